The van der Waals surface area contributed by atoms with Gasteiger partial charge in [0.1, 0.15) is 11.6 Å². The third kappa shape index (κ3) is 5.16. The number of allylic oxidation sites excluding steroid dienone is 1. The zero-order valence-corrected chi connectivity index (χ0v) is 25.3. The molecule has 2 bridgehead atoms. The monoisotopic (exact) mass is 577 g/mol. The van der Waals surface area contributed by atoms with Crippen LogP contribution in [0.3, 0.4) is 0 Å². The molecule has 3 fully saturated rings. The van der Waals surface area contributed by atoms with Crippen LogP contribution in [0.2, 0.25) is 0 Å². The van der Waals surface area contributed by atoms with Crippen LogP contribution in [0.15, 0.2) is 53.0 Å². The molecule has 0 radical (unpaired) electrons. The molecule has 8 atom stereocenters. The van der Waals surface area contributed by atoms with E-state index in [1.165, 1.54) is 24.8 Å². The van der Waals surface area contributed by atoms with Gasteiger partial charge >= 0.3 is 0 Å². The second-order valence-electron chi connectivity index (χ2n) is 12.7. The number of fused-ring (bicyclic) bond motifs is 1. The van der Waals surface area contributed by atoms with Gasteiger partial charge in [0, 0.05) is 23.2 Å². The van der Waals surface area contributed by atoms with Crippen LogP contribution in [0.5, 0.6) is 0 Å². The molecule has 2 N–H and O–H groups in total. The van der Waals surface area contributed by atoms with Crippen molar-refractivity contribution in [2.75, 3.05) is 18.1 Å². The molecule has 3 heterocycles. The molecule has 0 unspecified atom stereocenters. The molecule has 0 aromatic heterocycles. The van der Waals surface area contributed by atoms with E-state index < -0.39 is 29.6 Å². The molecule has 8 heteroatoms. The zero-order valence-electron chi connectivity index (χ0n) is 24.4. The minimum atomic E-state index is -1.13. The first-order valence-electron chi connectivity index (χ1n) is 15.4. The van der Waals surface area contributed by atoms with Crippen LogP contribution in [-0.4, -0.2) is 59.2 Å². The lowest BCUT2D eigenvalue weighted by Crippen LogP contribution is -2.58. The maximum absolute atomic E-state index is 14.3. The predicted molar refractivity (Wildman–Crippen MR) is 161 cm³/mol. The smallest absolute Gasteiger partial charge is 0.246 e. The van der Waals surface area contributed by atoms with Crippen LogP contribution in [0, 0.1) is 23.7 Å². The summed E-state index contributed by atoms with van der Waals surface area (Å²) in [5.41, 5.74) is 0.930. The number of likely N-dealkylation sites (tertiary alicyclic amines) is 1. The number of nitrogens with one attached hydrogen (secondary N) is 2. The number of thioether (sulfide) groups is 1. The molecule has 1 saturated carbocycles. The number of nitrogens with zero attached hydrogens (tertiary/aromatic N) is 1. The molecule has 2 saturated heterocycles. The summed E-state index contributed by atoms with van der Waals surface area (Å²) >= 11 is 1.61. The first kappa shape index (κ1) is 28.5. The van der Waals surface area contributed by atoms with E-state index in [2.05, 4.69) is 30.6 Å². The first-order chi connectivity index (χ1) is 19.8. The number of amides is 3. The average Bonchev–Trinajstić information content (AvgIpc) is 3.62. The van der Waals surface area contributed by atoms with E-state index in [9.17, 15) is 14.4 Å². The molecule has 3 amide bonds. The van der Waals surface area contributed by atoms with Gasteiger partial charge in [0.15, 0.2) is 0 Å². The first-order valence-corrected chi connectivity index (χ1v) is 16.7. The number of ether oxygens (including phenoxy) is 1. The Labute approximate surface area is 247 Å². The van der Waals surface area contributed by atoms with Gasteiger partial charge in [0.05, 0.1) is 17.9 Å². The second kappa shape index (κ2) is 11.6. The number of benzene rings is 1. The standard InChI is InChI=1S/C33H43N3O4S/c1-20-9-7-14-25(21(20)2)35-31(38)29-33-17-15-26(40-33)27(30(37)34-23-12-8-13-24(19-23)41-3)28(33)32(39)36(29)18-16-22-10-5-4-6-11-22/h8,10,12-13,15,17,19-21,25-29H,4-7,9,11,14,16,18H2,1-3H3,(H,34,37)(H,35,38)/t20-,21-,25+,26-,27+,28-,29-,33-/m0/s1. The molecule has 220 valence electrons. The van der Waals surface area contributed by atoms with E-state index in [-0.39, 0.29) is 23.8 Å². The highest BCUT2D eigenvalue weighted by Gasteiger charge is 2.72. The van der Waals surface area contributed by atoms with Crippen molar-refractivity contribution in [3.8, 4) is 0 Å². The lowest BCUT2D eigenvalue weighted by atomic mass is 9.73. The van der Waals surface area contributed by atoms with Crippen molar-refractivity contribution in [3.63, 3.8) is 0 Å². The van der Waals surface area contributed by atoms with Crippen LogP contribution < -0.4 is 10.6 Å². The molecule has 1 aromatic carbocycles. The molecule has 6 rings (SSSR count). The van der Waals surface area contributed by atoms with Crippen molar-refractivity contribution in [1.82, 2.24) is 10.2 Å². The normalized spacial score (nSPS) is 35.8. The minimum absolute atomic E-state index is 0.0742. The van der Waals surface area contributed by atoms with Gasteiger partial charge in [-0.2, -0.15) is 0 Å². The number of anilines is 1. The maximum Gasteiger partial charge on any atom is 0.246 e. The van der Waals surface area contributed by atoms with E-state index in [4.69, 9.17) is 4.74 Å². The molecule has 7 nitrogen and oxygen atoms in total. The van der Waals surface area contributed by atoms with Crippen LogP contribution in [-0.2, 0) is 19.1 Å². The summed E-state index contributed by atoms with van der Waals surface area (Å²) in [4.78, 5) is 45.0. The van der Waals surface area contributed by atoms with Gasteiger partial charge in [-0.15, -0.1) is 11.8 Å². The lowest BCUT2D eigenvalue weighted by Gasteiger charge is -2.38. The van der Waals surface area contributed by atoms with Crippen molar-refractivity contribution in [1.29, 1.82) is 0 Å². The Kier molecular flexibility index (Phi) is 8.07. The number of rotatable bonds is 8. The summed E-state index contributed by atoms with van der Waals surface area (Å²) in [6.45, 7) is 4.93. The van der Waals surface area contributed by atoms with Crippen LogP contribution in [0.4, 0.5) is 5.69 Å². The van der Waals surface area contributed by atoms with Gasteiger partial charge in [-0.3, -0.25) is 14.4 Å². The Bertz CT molecular complexity index is 1260. The van der Waals surface area contributed by atoms with Gasteiger partial charge in [-0.25, -0.2) is 0 Å². The van der Waals surface area contributed by atoms with Gasteiger partial charge < -0.3 is 20.3 Å². The Morgan fingerprint density at radius 1 is 1.15 bits per heavy atom. The second-order valence-corrected chi connectivity index (χ2v) is 13.6. The Balaban J connectivity index is 1.28. The van der Waals surface area contributed by atoms with Crippen molar-refractivity contribution >= 4 is 35.2 Å². The highest BCUT2D eigenvalue weighted by Crippen LogP contribution is 2.55. The topological polar surface area (TPSA) is 87.7 Å². The molecule has 2 aliphatic carbocycles. The Hall–Kier alpha value is -2.58. The predicted octanol–water partition coefficient (Wildman–Crippen LogP) is 5.33. The van der Waals surface area contributed by atoms with Crippen LogP contribution in [0.25, 0.3) is 0 Å². The number of carbonyl (C=O) groups excluding carboxylic acids is 3. The molecule has 3 aliphatic heterocycles. The summed E-state index contributed by atoms with van der Waals surface area (Å²) in [7, 11) is 0. The lowest BCUT2D eigenvalue weighted by molar-refractivity contribution is -0.141. The van der Waals surface area contributed by atoms with E-state index in [0.717, 1.165) is 37.0 Å². The molecule has 41 heavy (non-hydrogen) atoms. The molecular weight excluding hydrogens is 534 g/mol. The van der Waals surface area contributed by atoms with E-state index in [1.807, 2.05) is 42.7 Å². The minimum Gasteiger partial charge on any atom is -0.359 e. The van der Waals surface area contributed by atoms with E-state index in [1.54, 1.807) is 16.7 Å². The Morgan fingerprint density at radius 2 is 2.00 bits per heavy atom. The van der Waals surface area contributed by atoms with E-state index in [0.29, 0.717) is 24.1 Å². The highest BCUT2D eigenvalue weighted by molar-refractivity contribution is 7.98. The third-order valence-corrected chi connectivity index (χ3v) is 11.1. The maximum atomic E-state index is 14.3. The zero-order chi connectivity index (χ0) is 28.7. The third-order valence-electron chi connectivity index (χ3n) is 10.4. The molecule has 1 aromatic rings. The summed E-state index contributed by atoms with van der Waals surface area (Å²) in [5.74, 6) is -1.03. The van der Waals surface area contributed by atoms with Crippen LogP contribution >= 0.6 is 11.8 Å². The number of carbonyl (C=O) groups is 3. The largest absolute Gasteiger partial charge is 0.359 e. The number of hydrogen-bond donors (Lipinski definition) is 2. The van der Waals surface area contributed by atoms with Gasteiger partial charge in [-0.05, 0) is 74.8 Å². The fraction of sp³-hybridized carbons (Fsp3) is 0.606. The van der Waals surface area contributed by atoms with Gasteiger partial charge in [-0.1, -0.05) is 56.6 Å². The Morgan fingerprint density at radius 3 is 2.78 bits per heavy atom. The summed E-state index contributed by atoms with van der Waals surface area (Å²) < 4.78 is 6.55. The van der Waals surface area contributed by atoms with E-state index >= 15 is 0 Å². The quantitative estimate of drug-likeness (QED) is 0.322. The summed E-state index contributed by atoms with van der Waals surface area (Å²) in [6.07, 6.45) is 16.0. The van der Waals surface area contributed by atoms with Crippen molar-refractivity contribution in [2.24, 2.45) is 23.7 Å². The summed E-state index contributed by atoms with van der Waals surface area (Å²) in [6, 6.07) is 7.00. The fourth-order valence-electron chi connectivity index (χ4n) is 7.88. The van der Waals surface area contributed by atoms with Gasteiger partial charge in [0.25, 0.3) is 0 Å². The SMILES string of the molecule is CSc1cccc(NC(=O)[C@@H]2[C@@H]3C=C[C@]4(O3)[C@@H]2C(=O)N(CCC2=CCCCC2)[C@H]4C(=O)N[C@@H]2CCC[C@H](C)[C@@H]2C)c1. The van der Waals surface area contributed by atoms with Crippen molar-refractivity contribution in [3.05, 3.63) is 48.1 Å². The molecular formula is C33H43N3O4S. The highest BCUT2D eigenvalue weighted by atomic mass is 32.2. The summed E-state index contributed by atoms with van der Waals surface area (Å²) in [5, 5.41) is 6.40. The molecule has 1 spiro atoms. The molecule has 5 aliphatic rings. The van der Waals surface area contributed by atoms with Crippen molar-refractivity contribution < 1.29 is 19.1 Å². The van der Waals surface area contributed by atoms with Crippen LogP contribution in [0.1, 0.15) is 65.2 Å². The average molecular weight is 578 g/mol. The number of hydrogen-bond acceptors (Lipinski definition) is 5. The van der Waals surface area contributed by atoms with Gasteiger partial charge in [0.2, 0.25) is 17.7 Å². The van der Waals surface area contributed by atoms with Crippen molar-refractivity contribution in [2.45, 2.75) is 93.9 Å². The fourth-order valence-corrected chi connectivity index (χ4v) is 8.34.